The van der Waals surface area contributed by atoms with Gasteiger partial charge in [0.1, 0.15) is 6.04 Å². The molecule has 1 aliphatic rings. The maximum Gasteiger partial charge on any atom is 0.323 e. The highest BCUT2D eigenvalue weighted by Crippen LogP contribution is 2.32. The monoisotopic (exact) mass is 346 g/mol. The van der Waals surface area contributed by atoms with Crippen LogP contribution in [0.4, 0.5) is 5.69 Å². The van der Waals surface area contributed by atoms with Gasteiger partial charge in [-0.25, -0.2) is 0 Å². The second kappa shape index (κ2) is 8.48. The number of likely N-dealkylation sites (tertiary alicyclic amines) is 1. The van der Waals surface area contributed by atoms with Crippen molar-refractivity contribution < 1.29 is 14.3 Å². The van der Waals surface area contributed by atoms with E-state index in [1.807, 2.05) is 11.0 Å². The lowest BCUT2D eigenvalue weighted by Crippen LogP contribution is -2.41. The van der Waals surface area contributed by atoms with Gasteiger partial charge in [-0.05, 0) is 42.3 Å². The van der Waals surface area contributed by atoms with Gasteiger partial charge in [0.05, 0.1) is 13.7 Å². The Bertz CT molecular complexity index is 599. The zero-order valence-electron chi connectivity index (χ0n) is 16.0. The molecule has 0 aromatic heterocycles. The number of ether oxygens (including phenoxy) is 1. The number of methoxy groups -OCH3 is 1. The zero-order chi connectivity index (χ0) is 18.6. The predicted octanol–water partition coefficient (Wildman–Crippen LogP) is 3.51. The summed E-state index contributed by atoms with van der Waals surface area (Å²) in [6, 6.07) is 5.88. The molecule has 1 heterocycles. The first-order chi connectivity index (χ1) is 11.8. The fourth-order valence-corrected chi connectivity index (χ4v) is 3.48. The first kappa shape index (κ1) is 19.4. The Kier molecular flexibility index (Phi) is 6.59. The molecule has 1 saturated heterocycles. The van der Waals surface area contributed by atoms with Crippen molar-refractivity contribution in [1.82, 2.24) is 4.90 Å². The molecule has 1 aromatic rings. The van der Waals surface area contributed by atoms with Crippen LogP contribution in [0.1, 0.15) is 63.5 Å². The van der Waals surface area contributed by atoms with Gasteiger partial charge in [-0.2, -0.15) is 0 Å². The van der Waals surface area contributed by atoms with Crippen molar-refractivity contribution in [3.05, 3.63) is 29.3 Å². The van der Waals surface area contributed by atoms with Crippen LogP contribution in [0.5, 0.6) is 0 Å². The zero-order valence-corrected chi connectivity index (χ0v) is 16.0. The van der Waals surface area contributed by atoms with Crippen molar-refractivity contribution in [3.63, 3.8) is 0 Å². The summed E-state index contributed by atoms with van der Waals surface area (Å²) in [6.07, 6.45) is 1.66. The fourth-order valence-electron chi connectivity index (χ4n) is 3.48. The molecule has 1 unspecified atom stereocenters. The number of anilines is 1. The number of rotatable bonds is 6. The first-order valence-electron chi connectivity index (χ1n) is 9.09. The van der Waals surface area contributed by atoms with Gasteiger partial charge in [-0.1, -0.05) is 45.9 Å². The van der Waals surface area contributed by atoms with Crippen LogP contribution in [0.2, 0.25) is 0 Å². The highest BCUT2D eigenvalue weighted by Gasteiger charge is 2.32. The molecular formula is C20H30N2O3. The Morgan fingerprint density at radius 2 is 1.80 bits per heavy atom. The van der Waals surface area contributed by atoms with Crippen molar-refractivity contribution in [3.8, 4) is 0 Å². The summed E-state index contributed by atoms with van der Waals surface area (Å²) in [6.45, 7) is 9.47. The lowest BCUT2D eigenvalue weighted by molar-refractivity contribution is -0.146. The second-order valence-electron chi connectivity index (χ2n) is 7.32. The van der Waals surface area contributed by atoms with E-state index in [2.05, 4.69) is 45.1 Å². The van der Waals surface area contributed by atoms with Gasteiger partial charge in [0.25, 0.3) is 0 Å². The highest BCUT2D eigenvalue weighted by atomic mass is 16.5. The van der Waals surface area contributed by atoms with E-state index in [-0.39, 0.29) is 24.5 Å². The molecule has 1 amide bonds. The van der Waals surface area contributed by atoms with Crippen LogP contribution >= 0.6 is 0 Å². The largest absolute Gasteiger partial charge is 0.468 e. The lowest BCUT2D eigenvalue weighted by Gasteiger charge is -2.24. The van der Waals surface area contributed by atoms with Crippen molar-refractivity contribution >= 4 is 17.6 Å². The molecular weight excluding hydrogens is 316 g/mol. The lowest BCUT2D eigenvalue weighted by atomic mass is 9.92. The average Bonchev–Trinajstić information content (AvgIpc) is 3.01. The summed E-state index contributed by atoms with van der Waals surface area (Å²) >= 11 is 0. The van der Waals surface area contributed by atoms with Gasteiger partial charge < -0.3 is 10.1 Å². The number of nitrogens with zero attached hydrogens (tertiary/aromatic N) is 1. The Morgan fingerprint density at radius 3 is 2.32 bits per heavy atom. The number of benzene rings is 1. The Balaban J connectivity index is 2.16. The molecule has 5 heteroatoms. The number of carbonyl (C=O) groups excluding carboxylic acids is 2. The normalized spacial score (nSPS) is 18.0. The maximum absolute atomic E-state index is 12.7. The predicted molar refractivity (Wildman–Crippen MR) is 99.9 cm³/mol. The molecule has 138 valence electrons. The Labute approximate surface area is 150 Å². The third kappa shape index (κ3) is 4.60. The summed E-state index contributed by atoms with van der Waals surface area (Å²) in [5.41, 5.74) is 3.21. The molecule has 1 N–H and O–H groups in total. The van der Waals surface area contributed by atoms with E-state index in [1.165, 1.54) is 7.11 Å². The molecule has 1 aliphatic heterocycles. The topological polar surface area (TPSA) is 58.6 Å². The van der Waals surface area contributed by atoms with E-state index in [1.54, 1.807) is 0 Å². The Hall–Kier alpha value is -1.88. The molecule has 1 fully saturated rings. The maximum atomic E-state index is 12.7. The highest BCUT2D eigenvalue weighted by molar-refractivity contribution is 5.94. The van der Waals surface area contributed by atoms with Crippen LogP contribution in [0.3, 0.4) is 0 Å². The standard InChI is InChI=1S/C20H30N2O3/c1-13(2)15-8-6-9-16(14(3)4)19(15)21-18(23)12-22-11-7-10-17(22)20(24)25-5/h6,8-9,13-14,17H,7,10-12H2,1-5H3,(H,21,23). The SMILES string of the molecule is COC(=O)C1CCCN1CC(=O)Nc1c(C(C)C)cccc1C(C)C. The Morgan fingerprint density at radius 1 is 1.20 bits per heavy atom. The van der Waals surface area contributed by atoms with Gasteiger partial charge in [0, 0.05) is 5.69 Å². The molecule has 5 nitrogen and oxygen atoms in total. The number of amides is 1. The first-order valence-corrected chi connectivity index (χ1v) is 9.09. The van der Waals surface area contributed by atoms with E-state index in [0.717, 1.165) is 36.2 Å². The molecule has 25 heavy (non-hydrogen) atoms. The smallest absolute Gasteiger partial charge is 0.323 e. The summed E-state index contributed by atoms with van der Waals surface area (Å²) in [7, 11) is 1.40. The molecule has 0 aliphatic carbocycles. The van der Waals surface area contributed by atoms with Gasteiger partial charge in [0.2, 0.25) is 5.91 Å². The third-order valence-corrected chi connectivity index (χ3v) is 4.82. The molecule has 1 atom stereocenters. The molecule has 0 saturated carbocycles. The van der Waals surface area contributed by atoms with Crippen LogP contribution in [0.25, 0.3) is 0 Å². The van der Waals surface area contributed by atoms with Crippen LogP contribution < -0.4 is 5.32 Å². The molecule has 1 aromatic carbocycles. The summed E-state index contributed by atoms with van der Waals surface area (Å²) in [5, 5.41) is 3.11. The minimum Gasteiger partial charge on any atom is -0.468 e. The number of nitrogens with one attached hydrogen (secondary N) is 1. The molecule has 0 bridgehead atoms. The summed E-state index contributed by atoms with van der Waals surface area (Å²) in [5.74, 6) is 0.314. The molecule has 0 radical (unpaired) electrons. The van der Waals surface area contributed by atoms with E-state index >= 15 is 0 Å². The van der Waals surface area contributed by atoms with E-state index < -0.39 is 0 Å². The number of para-hydroxylation sites is 1. The van der Waals surface area contributed by atoms with Gasteiger partial charge in [-0.15, -0.1) is 0 Å². The van der Waals surface area contributed by atoms with Gasteiger partial charge in [-0.3, -0.25) is 14.5 Å². The minimum absolute atomic E-state index is 0.0780. The van der Waals surface area contributed by atoms with E-state index in [0.29, 0.717) is 11.8 Å². The summed E-state index contributed by atoms with van der Waals surface area (Å²) < 4.78 is 4.85. The van der Waals surface area contributed by atoms with Crippen molar-refractivity contribution in [2.24, 2.45) is 0 Å². The number of esters is 1. The third-order valence-electron chi connectivity index (χ3n) is 4.82. The van der Waals surface area contributed by atoms with E-state index in [9.17, 15) is 9.59 Å². The van der Waals surface area contributed by atoms with Crippen molar-refractivity contribution in [2.45, 2.75) is 58.4 Å². The van der Waals surface area contributed by atoms with Crippen LogP contribution in [0.15, 0.2) is 18.2 Å². The average molecular weight is 346 g/mol. The number of hydrogen-bond donors (Lipinski definition) is 1. The van der Waals surface area contributed by atoms with Crippen LogP contribution in [0, 0.1) is 0 Å². The van der Waals surface area contributed by atoms with Gasteiger partial charge >= 0.3 is 5.97 Å². The molecule has 0 spiro atoms. The van der Waals surface area contributed by atoms with Crippen molar-refractivity contribution in [1.29, 1.82) is 0 Å². The van der Waals surface area contributed by atoms with E-state index in [4.69, 9.17) is 4.74 Å². The van der Waals surface area contributed by atoms with Gasteiger partial charge in [0.15, 0.2) is 0 Å². The quantitative estimate of drug-likeness (QED) is 0.801. The second-order valence-corrected chi connectivity index (χ2v) is 7.32. The minimum atomic E-state index is -0.305. The summed E-state index contributed by atoms with van der Waals surface area (Å²) in [4.78, 5) is 26.4. The number of hydrogen-bond acceptors (Lipinski definition) is 4. The number of carbonyl (C=O) groups is 2. The fraction of sp³-hybridized carbons (Fsp3) is 0.600. The van der Waals surface area contributed by atoms with Crippen LogP contribution in [-0.4, -0.2) is 43.0 Å². The molecule has 2 rings (SSSR count). The van der Waals surface area contributed by atoms with Crippen molar-refractivity contribution in [2.75, 3.05) is 25.5 Å². The van der Waals surface area contributed by atoms with Crippen LogP contribution in [-0.2, 0) is 14.3 Å².